The Labute approximate surface area is 123 Å². The maximum Gasteiger partial charge on any atom is 0.163 e. The predicted molar refractivity (Wildman–Crippen MR) is 79.8 cm³/mol. The van der Waals surface area contributed by atoms with Gasteiger partial charge in [-0.1, -0.05) is 0 Å². The Hall–Kier alpha value is -1.79. The molecule has 2 aromatic rings. The van der Waals surface area contributed by atoms with Crippen molar-refractivity contribution in [3.8, 4) is 11.5 Å². The van der Waals surface area contributed by atoms with E-state index in [0.29, 0.717) is 19.6 Å². The monoisotopic (exact) mass is 291 g/mol. The summed E-state index contributed by atoms with van der Waals surface area (Å²) in [7, 11) is 4.04. The summed E-state index contributed by atoms with van der Waals surface area (Å²) in [5.41, 5.74) is 1.94. The van der Waals surface area contributed by atoms with E-state index in [4.69, 9.17) is 19.6 Å². The van der Waals surface area contributed by atoms with Gasteiger partial charge in [0.05, 0.1) is 17.6 Å². The van der Waals surface area contributed by atoms with E-state index in [2.05, 4.69) is 9.47 Å². The summed E-state index contributed by atoms with van der Waals surface area (Å²) in [5.74, 6) is 2.53. The smallest absolute Gasteiger partial charge is 0.163 e. The van der Waals surface area contributed by atoms with Gasteiger partial charge >= 0.3 is 0 Å². The molecule has 0 radical (unpaired) electrons. The van der Waals surface area contributed by atoms with Crippen molar-refractivity contribution in [3.63, 3.8) is 0 Å². The standard InChI is InChI=1S/C15H21N3O3/c1-17(2)10-15-16-11-8-13-14(21-7-6-20-13)9-12(11)18(15)4-3-5-19/h8-9,19H,3-7,10H2,1-2H3. The lowest BCUT2D eigenvalue weighted by molar-refractivity contribution is 0.172. The number of hydrogen-bond donors (Lipinski definition) is 1. The molecular formula is C15H21N3O3. The van der Waals surface area contributed by atoms with E-state index in [9.17, 15) is 0 Å². The Morgan fingerprint density at radius 1 is 1.24 bits per heavy atom. The van der Waals surface area contributed by atoms with Gasteiger partial charge in [0.2, 0.25) is 0 Å². The Morgan fingerprint density at radius 2 is 1.95 bits per heavy atom. The molecular weight excluding hydrogens is 270 g/mol. The molecule has 0 unspecified atom stereocenters. The summed E-state index contributed by atoms with van der Waals surface area (Å²) in [6, 6.07) is 3.94. The molecule has 3 rings (SSSR count). The summed E-state index contributed by atoms with van der Waals surface area (Å²) in [6.45, 7) is 2.83. The van der Waals surface area contributed by atoms with Crippen LogP contribution in [0.2, 0.25) is 0 Å². The number of benzene rings is 1. The topological polar surface area (TPSA) is 59.8 Å². The Kier molecular flexibility index (Phi) is 3.98. The molecule has 0 saturated carbocycles. The van der Waals surface area contributed by atoms with Gasteiger partial charge in [-0.2, -0.15) is 0 Å². The van der Waals surface area contributed by atoms with Crippen LogP contribution < -0.4 is 9.47 Å². The maximum atomic E-state index is 9.11. The van der Waals surface area contributed by atoms with Gasteiger partial charge in [-0.25, -0.2) is 4.98 Å². The van der Waals surface area contributed by atoms with Crippen LogP contribution in [0.25, 0.3) is 11.0 Å². The summed E-state index contributed by atoms with van der Waals surface area (Å²) in [4.78, 5) is 6.80. The van der Waals surface area contributed by atoms with Gasteiger partial charge in [-0.3, -0.25) is 0 Å². The highest BCUT2D eigenvalue weighted by Gasteiger charge is 2.18. The number of nitrogens with zero attached hydrogens (tertiary/aromatic N) is 3. The first-order valence-electron chi connectivity index (χ1n) is 7.23. The van der Waals surface area contributed by atoms with Crippen LogP contribution in [0, 0.1) is 0 Å². The number of fused-ring (bicyclic) bond motifs is 2. The van der Waals surface area contributed by atoms with Crippen molar-refractivity contribution < 1.29 is 14.6 Å². The van der Waals surface area contributed by atoms with E-state index < -0.39 is 0 Å². The minimum atomic E-state index is 0.172. The number of hydrogen-bond acceptors (Lipinski definition) is 5. The van der Waals surface area contributed by atoms with Crippen molar-refractivity contribution in [1.29, 1.82) is 0 Å². The molecule has 21 heavy (non-hydrogen) atoms. The van der Waals surface area contributed by atoms with E-state index in [1.165, 1.54) is 0 Å². The molecule has 114 valence electrons. The van der Waals surface area contributed by atoms with Gasteiger partial charge in [-0.05, 0) is 20.5 Å². The Morgan fingerprint density at radius 3 is 2.62 bits per heavy atom. The van der Waals surface area contributed by atoms with Crippen LogP contribution in [0.1, 0.15) is 12.2 Å². The predicted octanol–water partition coefficient (Wildman–Crippen LogP) is 1.25. The van der Waals surface area contributed by atoms with E-state index in [1.54, 1.807) is 0 Å². The number of aliphatic hydroxyl groups is 1. The third-order valence-electron chi connectivity index (χ3n) is 3.49. The van der Waals surface area contributed by atoms with Crippen LogP contribution in [-0.2, 0) is 13.1 Å². The highest BCUT2D eigenvalue weighted by molar-refractivity contribution is 5.80. The highest BCUT2D eigenvalue weighted by atomic mass is 16.6. The van der Waals surface area contributed by atoms with Crippen LogP contribution in [0.3, 0.4) is 0 Å². The fraction of sp³-hybridized carbons (Fsp3) is 0.533. The molecule has 0 saturated heterocycles. The minimum Gasteiger partial charge on any atom is -0.486 e. The zero-order chi connectivity index (χ0) is 14.8. The average Bonchev–Trinajstić information content (AvgIpc) is 2.78. The fourth-order valence-electron chi connectivity index (χ4n) is 2.59. The lowest BCUT2D eigenvalue weighted by atomic mass is 10.2. The van der Waals surface area contributed by atoms with Crippen LogP contribution >= 0.6 is 0 Å². The largest absolute Gasteiger partial charge is 0.486 e. The molecule has 6 nitrogen and oxygen atoms in total. The van der Waals surface area contributed by atoms with Crippen LogP contribution in [-0.4, -0.2) is 53.5 Å². The lowest BCUT2D eigenvalue weighted by Crippen LogP contribution is -2.16. The van der Waals surface area contributed by atoms with Crippen molar-refractivity contribution in [3.05, 3.63) is 18.0 Å². The SMILES string of the molecule is CN(C)Cc1nc2cc3c(cc2n1CCCO)OCCO3. The van der Waals surface area contributed by atoms with Crippen LogP contribution in [0.15, 0.2) is 12.1 Å². The second kappa shape index (κ2) is 5.91. The maximum absolute atomic E-state index is 9.11. The van der Waals surface area contributed by atoms with Gasteiger partial charge in [0.15, 0.2) is 11.5 Å². The van der Waals surface area contributed by atoms with E-state index in [1.807, 2.05) is 26.2 Å². The third-order valence-corrected chi connectivity index (χ3v) is 3.49. The van der Waals surface area contributed by atoms with Gasteiger partial charge in [-0.15, -0.1) is 0 Å². The third kappa shape index (κ3) is 2.82. The summed E-state index contributed by atoms with van der Waals surface area (Å²) < 4.78 is 13.4. The van der Waals surface area contributed by atoms with Crippen molar-refractivity contribution in [1.82, 2.24) is 14.5 Å². The van der Waals surface area contributed by atoms with Gasteiger partial charge in [0, 0.05) is 25.3 Å². The molecule has 1 aliphatic heterocycles. The number of ether oxygens (including phenoxy) is 2. The van der Waals surface area contributed by atoms with Gasteiger partial charge in [0.25, 0.3) is 0 Å². The minimum absolute atomic E-state index is 0.172. The summed E-state index contributed by atoms with van der Waals surface area (Å²) >= 11 is 0. The average molecular weight is 291 g/mol. The van der Waals surface area contributed by atoms with Crippen molar-refractivity contribution in [2.45, 2.75) is 19.5 Å². The number of aromatic nitrogens is 2. The molecule has 0 fully saturated rings. The molecule has 0 bridgehead atoms. The quantitative estimate of drug-likeness (QED) is 0.898. The first kappa shape index (κ1) is 14.2. The van der Waals surface area contributed by atoms with Gasteiger partial charge in [0.1, 0.15) is 19.0 Å². The molecule has 1 aromatic carbocycles. The van der Waals surface area contributed by atoms with Crippen molar-refractivity contribution in [2.24, 2.45) is 0 Å². The molecule has 1 aromatic heterocycles. The molecule has 0 atom stereocenters. The van der Waals surface area contributed by atoms with E-state index >= 15 is 0 Å². The Bertz CT molecular complexity index is 637. The molecule has 0 amide bonds. The zero-order valence-corrected chi connectivity index (χ0v) is 12.5. The summed E-state index contributed by atoms with van der Waals surface area (Å²) in [6.07, 6.45) is 0.709. The van der Waals surface area contributed by atoms with Crippen molar-refractivity contribution >= 4 is 11.0 Å². The molecule has 1 N–H and O–H groups in total. The zero-order valence-electron chi connectivity index (χ0n) is 12.5. The summed E-state index contributed by atoms with van der Waals surface area (Å²) in [5, 5.41) is 9.11. The number of imidazole rings is 1. The normalized spacial score (nSPS) is 14.1. The first-order chi connectivity index (χ1) is 10.2. The molecule has 2 heterocycles. The number of rotatable bonds is 5. The molecule has 1 aliphatic rings. The molecule has 0 aliphatic carbocycles. The number of aliphatic hydroxyl groups excluding tert-OH is 1. The lowest BCUT2D eigenvalue weighted by Gasteiger charge is -2.18. The van der Waals surface area contributed by atoms with E-state index in [-0.39, 0.29) is 6.61 Å². The first-order valence-corrected chi connectivity index (χ1v) is 7.23. The van der Waals surface area contributed by atoms with Crippen LogP contribution in [0.4, 0.5) is 0 Å². The van der Waals surface area contributed by atoms with Crippen LogP contribution in [0.5, 0.6) is 11.5 Å². The Balaban J connectivity index is 2.07. The second-order valence-electron chi connectivity index (χ2n) is 5.48. The second-order valence-corrected chi connectivity index (χ2v) is 5.48. The van der Waals surface area contributed by atoms with Crippen molar-refractivity contribution in [2.75, 3.05) is 33.9 Å². The molecule has 0 spiro atoms. The fourth-order valence-corrected chi connectivity index (χ4v) is 2.59. The highest BCUT2D eigenvalue weighted by Crippen LogP contribution is 2.35. The molecule has 6 heteroatoms. The van der Waals surface area contributed by atoms with Gasteiger partial charge < -0.3 is 24.0 Å². The van der Waals surface area contributed by atoms with E-state index in [0.717, 1.165) is 41.4 Å². The number of aryl methyl sites for hydroxylation is 1.